The summed E-state index contributed by atoms with van der Waals surface area (Å²) in [7, 11) is 0. The van der Waals surface area contributed by atoms with Gasteiger partial charge in [0.15, 0.2) is 0 Å². The highest BCUT2D eigenvalue weighted by Crippen LogP contribution is 2.34. The van der Waals surface area contributed by atoms with Gasteiger partial charge in [-0.15, -0.1) is 0 Å². The highest BCUT2D eigenvalue weighted by atomic mass is 35.5. The number of carbonyl (C=O) groups is 1. The van der Waals surface area contributed by atoms with Gasteiger partial charge in [0, 0.05) is 22.5 Å². The van der Waals surface area contributed by atoms with Crippen LogP contribution in [-0.4, -0.2) is 12.5 Å². The average Bonchev–Trinajstić information content (AvgIpc) is 2.12. The van der Waals surface area contributed by atoms with Crippen LogP contribution in [0.25, 0.3) is 0 Å². The summed E-state index contributed by atoms with van der Waals surface area (Å²) in [6.07, 6.45) is 0. The van der Waals surface area contributed by atoms with Gasteiger partial charge in [0.2, 0.25) is 0 Å². The van der Waals surface area contributed by atoms with E-state index in [4.69, 9.17) is 11.6 Å². The largest absolute Gasteiger partial charge is 0.351 e. The van der Waals surface area contributed by atoms with E-state index in [9.17, 15) is 4.79 Å². The lowest BCUT2D eigenvalue weighted by molar-refractivity contribution is 0.0930. The van der Waals surface area contributed by atoms with Crippen molar-refractivity contribution in [1.29, 1.82) is 0 Å². The standard InChI is InChI=1S/C11H12ClNO/c1-11(2)6-13-10(14)7-4-3-5-8(12)9(7)11/h3-5H,6H2,1-2H3,(H,13,14). The zero-order valence-corrected chi connectivity index (χ0v) is 8.98. The smallest absolute Gasteiger partial charge is 0.251 e. The lowest BCUT2D eigenvalue weighted by Crippen LogP contribution is -2.43. The van der Waals surface area contributed by atoms with E-state index in [1.807, 2.05) is 18.2 Å². The SMILES string of the molecule is CC1(C)CNC(=O)c2cccc(Cl)c21. The molecule has 3 heteroatoms. The van der Waals surface area contributed by atoms with Crippen LogP contribution in [0.15, 0.2) is 18.2 Å². The zero-order chi connectivity index (χ0) is 10.3. The molecule has 0 radical (unpaired) electrons. The molecule has 2 nitrogen and oxygen atoms in total. The van der Waals surface area contributed by atoms with E-state index >= 15 is 0 Å². The van der Waals surface area contributed by atoms with E-state index in [1.54, 1.807) is 0 Å². The minimum Gasteiger partial charge on any atom is -0.351 e. The number of benzene rings is 1. The van der Waals surface area contributed by atoms with Crippen LogP contribution in [0.4, 0.5) is 0 Å². The van der Waals surface area contributed by atoms with Crippen LogP contribution in [0.1, 0.15) is 29.8 Å². The van der Waals surface area contributed by atoms with Crippen molar-refractivity contribution < 1.29 is 4.79 Å². The molecule has 1 heterocycles. The van der Waals surface area contributed by atoms with Crippen LogP contribution < -0.4 is 5.32 Å². The maximum Gasteiger partial charge on any atom is 0.251 e. The Labute approximate surface area is 88.3 Å². The van der Waals surface area contributed by atoms with Crippen molar-refractivity contribution in [3.05, 3.63) is 34.3 Å². The lowest BCUT2D eigenvalue weighted by Gasteiger charge is -2.33. The van der Waals surface area contributed by atoms with Gasteiger partial charge in [-0.1, -0.05) is 31.5 Å². The van der Waals surface area contributed by atoms with Crippen LogP contribution in [0.5, 0.6) is 0 Å². The van der Waals surface area contributed by atoms with Crippen molar-refractivity contribution in [1.82, 2.24) is 5.32 Å². The van der Waals surface area contributed by atoms with Gasteiger partial charge in [0.05, 0.1) is 0 Å². The van der Waals surface area contributed by atoms with Crippen LogP contribution in [0.3, 0.4) is 0 Å². The molecule has 1 aromatic carbocycles. The second kappa shape index (κ2) is 2.99. The number of hydrogen-bond donors (Lipinski definition) is 1. The fraction of sp³-hybridized carbons (Fsp3) is 0.364. The maximum absolute atomic E-state index is 11.6. The van der Waals surface area contributed by atoms with Crippen molar-refractivity contribution >= 4 is 17.5 Å². The second-order valence-corrected chi connectivity index (χ2v) is 4.64. The van der Waals surface area contributed by atoms with Crippen molar-refractivity contribution in [2.75, 3.05) is 6.54 Å². The predicted molar refractivity (Wildman–Crippen MR) is 56.8 cm³/mol. The molecule has 0 bridgehead atoms. The first kappa shape index (κ1) is 9.53. The Hall–Kier alpha value is -1.02. The topological polar surface area (TPSA) is 29.1 Å². The Kier molecular flexibility index (Phi) is 2.04. The summed E-state index contributed by atoms with van der Waals surface area (Å²) in [4.78, 5) is 11.6. The highest BCUT2D eigenvalue weighted by molar-refractivity contribution is 6.32. The van der Waals surface area contributed by atoms with Crippen LogP contribution >= 0.6 is 11.6 Å². The summed E-state index contributed by atoms with van der Waals surface area (Å²) >= 11 is 6.11. The number of carbonyl (C=O) groups excluding carboxylic acids is 1. The van der Waals surface area contributed by atoms with Crippen LogP contribution in [0, 0.1) is 0 Å². The fourth-order valence-electron chi connectivity index (χ4n) is 1.89. The van der Waals surface area contributed by atoms with Gasteiger partial charge < -0.3 is 5.32 Å². The summed E-state index contributed by atoms with van der Waals surface area (Å²) in [5.41, 5.74) is 1.58. The molecule has 1 N–H and O–H groups in total. The van der Waals surface area contributed by atoms with Gasteiger partial charge in [-0.2, -0.15) is 0 Å². The highest BCUT2D eigenvalue weighted by Gasteiger charge is 2.33. The number of nitrogens with one attached hydrogen (secondary N) is 1. The maximum atomic E-state index is 11.6. The van der Waals surface area contributed by atoms with Gasteiger partial charge in [-0.05, 0) is 17.7 Å². The first-order valence-electron chi connectivity index (χ1n) is 4.59. The third-order valence-corrected chi connectivity index (χ3v) is 2.94. The molecule has 1 aliphatic heterocycles. The molecule has 0 saturated carbocycles. The Morgan fingerprint density at radius 3 is 2.79 bits per heavy atom. The molecule has 0 saturated heterocycles. The van der Waals surface area contributed by atoms with Gasteiger partial charge in [0.1, 0.15) is 0 Å². The molecule has 14 heavy (non-hydrogen) atoms. The number of rotatable bonds is 0. The fourth-order valence-corrected chi connectivity index (χ4v) is 2.32. The number of halogens is 1. The summed E-state index contributed by atoms with van der Waals surface area (Å²) in [5, 5.41) is 3.54. The molecule has 0 aromatic heterocycles. The minimum absolute atomic E-state index is 0.0261. The second-order valence-electron chi connectivity index (χ2n) is 4.23. The molecule has 1 aliphatic rings. The van der Waals surface area contributed by atoms with Gasteiger partial charge >= 0.3 is 0 Å². The molecule has 0 spiro atoms. The van der Waals surface area contributed by atoms with Crippen LogP contribution in [0.2, 0.25) is 5.02 Å². The van der Waals surface area contributed by atoms with Gasteiger partial charge in [0.25, 0.3) is 5.91 Å². The Morgan fingerprint density at radius 2 is 2.14 bits per heavy atom. The average molecular weight is 210 g/mol. The normalized spacial score (nSPS) is 18.6. The molecule has 74 valence electrons. The van der Waals surface area contributed by atoms with Crippen molar-refractivity contribution in [3.63, 3.8) is 0 Å². The molecule has 0 aliphatic carbocycles. The van der Waals surface area contributed by atoms with Crippen molar-refractivity contribution in [3.8, 4) is 0 Å². The van der Waals surface area contributed by atoms with Gasteiger partial charge in [-0.25, -0.2) is 0 Å². The summed E-state index contributed by atoms with van der Waals surface area (Å²) in [6, 6.07) is 5.46. The van der Waals surface area contributed by atoms with E-state index in [-0.39, 0.29) is 11.3 Å². The van der Waals surface area contributed by atoms with E-state index in [0.717, 1.165) is 5.56 Å². The zero-order valence-electron chi connectivity index (χ0n) is 8.23. The predicted octanol–water partition coefficient (Wildman–Crippen LogP) is 2.36. The van der Waals surface area contributed by atoms with Gasteiger partial charge in [-0.3, -0.25) is 4.79 Å². The molecule has 2 rings (SSSR count). The molecular weight excluding hydrogens is 198 g/mol. The molecular formula is C11H12ClNO. The molecule has 0 fully saturated rings. The van der Waals surface area contributed by atoms with Crippen molar-refractivity contribution in [2.45, 2.75) is 19.3 Å². The lowest BCUT2D eigenvalue weighted by atomic mass is 9.79. The van der Waals surface area contributed by atoms with E-state index < -0.39 is 0 Å². The van der Waals surface area contributed by atoms with E-state index in [0.29, 0.717) is 17.1 Å². The first-order chi connectivity index (χ1) is 6.52. The van der Waals surface area contributed by atoms with E-state index in [1.165, 1.54) is 0 Å². The molecule has 0 atom stereocenters. The summed E-state index contributed by atoms with van der Waals surface area (Å²) in [5.74, 6) is -0.0261. The Balaban J connectivity index is 2.70. The summed E-state index contributed by atoms with van der Waals surface area (Å²) in [6.45, 7) is 4.80. The first-order valence-corrected chi connectivity index (χ1v) is 4.97. The molecule has 1 aromatic rings. The van der Waals surface area contributed by atoms with Crippen molar-refractivity contribution in [2.24, 2.45) is 0 Å². The monoisotopic (exact) mass is 209 g/mol. The quantitative estimate of drug-likeness (QED) is 0.699. The molecule has 1 amide bonds. The molecule has 0 unspecified atom stereocenters. The summed E-state index contributed by atoms with van der Waals surface area (Å²) < 4.78 is 0. The number of amides is 1. The number of fused-ring (bicyclic) bond motifs is 1. The van der Waals surface area contributed by atoms with Crippen LogP contribution in [-0.2, 0) is 5.41 Å². The third kappa shape index (κ3) is 1.30. The third-order valence-electron chi connectivity index (χ3n) is 2.63. The minimum atomic E-state index is -0.0818. The van der Waals surface area contributed by atoms with E-state index in [2.05, 4.69) is 19.2 Å². The Morgan fingerprint density at radius 1 is 1.43 bits per heavy atom. The number of hydrogen-bond acceptors (Lipinski definition) is 1. The Bertz CT molecular complexity index is 398.